The topological polar surface area (TPSA) is 56.5 Å². The van der Waals surface area contributed by atoms with Crippen LogP contribution >= 0.6 is 11.6 Å². The maximum atomic E-state index is 5.84. The Balaban J connectivity index is 2.00. The molecule has 3 aromatic heterocycles. The van der Waals surface area contributed by atoms with Crippen LogP contribution < -0.4 is 0 Å². The van der Waals surface area contributed by atoms with Crippen LogP contribution in [0, 0.1) is 0 Å². The summed E-state index contributed by atoms with van der Waals surface area (Å²) in [6.45, 7) is 0. The first-order valence-corrected chi connectivity index (χ1v) is 5.66. The number of pyridine rings is 2. The molecule has 88 valence electrons. The average molecular weight is 258 g/mol. The van der Waals surface area contributed by atoms with E-state index < -0.39 is 0 Å². The zero-order valence-corrected chi connectivity index (χ0v) is 9.99. The second kappa shape index (κ2) is 4.54. The summed E-state index contributed by atoms with van der Waals surface area (Å²) < 4.78 is 1.64. The molecule has 0 spiro atoms. The van der Waals surface area contributed by atoms with Gasteiger partial charge in [-0.25, -0.2) is 9.67 Å². The quantitative estimate of drug-likeness (QED) is 0.662. The van der Waals surface area contributed by atoms with Gasteiger partial charge in [0.1, 0.15) is 10.8 Å². The molecule has 0 radical (unpaired) electrons. The molecule has 0 bridgehead atoms. The maximum absolute atomic E-state index is 5.84. The van der Waals surface area contributed by atoms with Gasteiger partial charge < -0.3 is 0 Å². The minimum Gasteiger partial charge on any atom is -0.262 e. The van der Waals surface area contributed by atoms with Gasteiger partial charge in [0.25, 0.3) is 0 Å². The largest absolute Gasteiger partial charge is 0.262 e. The third-order valence-corrected chi connectivity index (χ3v) is 2.59. The Morgan fingerprint density at radius 1 is 1.06 bits per heavy atom. The predicted molar refractivity (Wildman–Crippen MR) is 67.4 cm³/mol. The molecule has 3 aromatic rings. The highest BCUT2D eigenvalue weighted by Gasteiger charge is 2.06. The number of nitrogens with zero attached hydrogens (tertiary/aromatic N) is 5. The summed E-state index contributed by atoms with van der Waals surface area (Å²) in [5, 5.41) is 8.54. The molecule has 0 unspecified atom stereocenters. The van der Waals surface area contributed by atoms with Crippen LogP contribution in [-0.2, 0) is 0 Å². The molecule has 0 saturated heterocycles. The third kappa shape index (κ3) is 2.08. The smallest absolute Gasteiger partial charge is 0.131 e. The van der Waals surface area contributed by atoms with Crippen LogP contribution in [-0.4, -0.2) is 25.0 Å². The highest BCUT2D eigenvalue weighted by atomic mass is 35.5. The van der Waals surface area contributed by atoms with Crippen LogP contribution in [0.3, 0.4) is 0 Å². The number of hydrogen-bond acceptors (Lipinski definition) is 4. The van der Waals surface area contributed by atoms with E-state index in [2.05, 4.69) is 20.3 Å². The Bertz CT molecular complexity index is 665. The summed E-state index contributed by atoms with van der Waals surface area (Å²) in [4.78, 5) is 8.22. The van der Waals surface area contributed by atoms with E-state index in [0.717, 1.165) is 5.69 Å². The van der Waals surface area contributed by atoms with E-state index >= 15 is 0 Å². The third-order valence-electron chi connectivity index (χ3n) is 2.38. The van der Waals surface area contributed by atoms with E-state index in [9.17, 15) is 0 Å². The molecular formula is C12H8ClN5. The Morgan fingerprint density at radius 3 is 2.78 bits per heavy atom. The van der Waals surface area contributed by atoms with Gasteiger partial charge in [0.15, 0.2) is 0 Å². The van der Waals surface area contributed by atoms with E-state index in [-0.39, 0.29) is 0 Å². The lowest BCUT2D eigenvalue weighted by Crippen LogP contribution is -1.94. The highest BCUT2D eigenvalue weighted by Crippen LogP contribution is 2.17. The minimum atomic E-state index is 0.434. The van der Waals surface area contributed by atoms with Crippen molar-refractivity contribution in [1.29, 1.82) is 0 Å². The number of aromatic nitrogens is 5. The van der Waals surface area contributed by atoms with Crippen molar-refractivity contribution in [2.75, 3.05) is 0 Å². The van der Waals surface area contributed by atoms with Gasteiger partial charge >= 0.3 is 0 Å². The zero-order valence-electron chi connectivity index (χ0n) is 9.23. The van der Waals surface area contributed by atoms with Crippen molar-refractivity contribution in [2.45, 2.75) is 0 Å². The van der Waals surface area contributed by atoms with Gasteiger partial charge in [-0.05, 0) is 24.3 Å². The number of halogens is 1. The van der Waals surface area contributed by atoms with Crippen LogP contribution in [0.1, 0.15) is 0 Å². The van der Waals surface area contributed by atoms with Crippen molar-refractivity contribution in [2.24, 2.45) is 0 Å². The summed E-state index contributed by atoms with van der Waals surface area (Å²) >= 11 is 5.84. The molecule has 0 aromatic carbocycles. The van der Waals surface area contributed by atoms with Crippen LogP contribution in [0.5, 0.6) is 0 Å². The lowest BCUT2D eigenvalue weighted by Gasteiger charge is -1.97. The lowest BCUT2D eigenvalue weighted by molar-refractivity contribution is 0.800. The molecule has 3 rings (SSSR count). The normalized spacial score (nSPS) is 10.5. The number of rotatable bonds is 2. The summed E-state index contributed by atoms with van der Waals surface area (Å²) in [6.07, 6.45) is 5.21. The number of hydrogen-bond donors (Lipinski definition) is 0. The summed E-state index contributed by atoms with van der Waals surface area (Å²) in [5.41, 5.74) is 2.21. The fraction of sp³-hybridized carbons (Fsp3) is 0. The van der Waals surface area contributed by atoms with Crippen molar-refractivity contribution in [1.82, 2.24) is 25.0 Å². The van der Waals surface area contributed by atoms with Gasteiger partial charge in [-0.3, -0.25) is 4.98 Å². The molecule has 5 nitrogen and oxygen atoms in total. The van der Waals surface area contributed by atoms with Crippen LogP contribution in [0.15, 0.2) is 48.9 Å². The summed E-state index contributed by atoms with van der Waals surface area (Å²) in [6, 6.07) is 9.12. The molecular weight excluding hydrogens is 250 g/mol. The van der Waals surface area contributed by atoms with Crippen molar-refractivity contribution in [3.63, 3.8) is 0 Å². The molecule has 0 aliphatic heterocycles. The standard InChI is InChI=1S/C12H8ClN5/c13-12-5-1-4-10(15-12)11-8-18(17-16-11)9-3-2-6-14-7-9/h1-8H. The SMILES string of the molecule is Clc1cccc(-c2cn(-c3cccnc3)nn2)n1. The molecule has 0 fully saturated rings. The summed E-state index contributed by atoms with van der Waals surface area (Å²) in [5.74, 6) is 0. The second-order valence-corrected chi connectivity index (χ2v) is 3.99. The van der Waals surface area contributed by atoms with Crippen LogP contribution in [0.4, 0.5) is 0 Å². The van der Waals surface area contributed by atoms with E-state index in [1.807, 2.05) is 24.3 Å². The van der Waals surface area contributed by atoms with E-state index in [0.29, 0.717) is 16.5 Å². The van der Waals surface area contributed by atoms with Crippen molar-refractivity contribution >= 4 is 11.6 Å². The van der Waals surface area contributed by atoms with Crippen LogP contribution in [0.25, 0.3) is 17.1 Å². The highest BCUT2D eigenvalue weighted by molar-refractivity contribution is 6.29. The Morgan fingerprint density at radius 2 is 2.00 bits per heavy atom. The molecule has 0 atom stereocenters. The molecule has 0 aliphatic rings. The molecule has 0 amide bonds. The Hall–Kier alpha value is -2.27. The average Bonchev–Trinajstić information content (AvgIpc) is 2.89. The Kier molecular flexibility index (Phi) is 2.74. The van der Waals surface area contributed by atoms with Gasteiger partial charge in [0.2, 0.25) is 0 Å². The fourth-order valence-corrected chi connectivity index (χ4v) is 1.71. The molecule has 3 heterocycles. The Labute approximate surface area is 108 Å². The lowest BCUT2D eigenvalue weighted by atomic mass is 10.3. The second-order valence-electron chi connectivity index (χ2n) is 3.61. The first-order chi connectivity index (χ1) is 8.83. The van der Waals surface area contributed by atoms with Gasteiger partial charge in [0, 0.05) is 6.20 Å². The van der Waals surface area contributed by atoms with Gasteiger partial charge in [0.05, 0.1) is 23.8 Å². The first-order valence-electron chi connectivity index (χ1n) is 5.28. The summed E-state index contributed by atoms with van der Waals surface area (Å²) in [7, 11) is 0. The van der Waals surface area contributed by atoms with Gasteiger partial charge in [-0.1, -0.05) is 22.9 Å². The van der Waals surface area contributed by atoms with E-state index in [1.165, 1.54) is 0 Å². The maximum Gasteiger partial charge on any atom is 0.131 e. The van der Waals surface area contributed by atoms with Crippen LogP contribution in [0.2, 0.25) is 5.15 Å². The van der Waals surface area contributed by atoms with Gasteiger partial charge in [-0.2, -0.15) is 0 Å². The van der Waals surface area contributed by atoms with Crippen molar-refractivity contribution in [3.05, 3.63) is 54.1 Å². The first kappa shape index (κ1) is 10.9. The van der Waals surface area contributed by atoms with Crippen molar-refractivity contribution < 1.29 is 0 Å². The molecule has 0 N–H and O–H groups in total. The van der Waals surface area contributed by atoms with Gasteiger partial charge in [-0.15, -0.1) is 5.10 Å². The predicted octanol–water partition coefficient (Wildman–Crippen LogP) is 2.38. The minimum absolute atomic E-state index is 0.434. The van der Waals surface area contributed by atoms with E-state index in [4.69, 9.17) is 11.6 Å². The molecule has 0 saturated carbocycles. The van der Waals surface area contributed by atoms with E-state index in [1.54, 1.807) is 29.3 Å². The molecule has 18 heavy (non-hydrogen) atoms. The molecule has 0 aliphatic carbocycles. The zero-order chi connectivity index (χ0) is 12.4. The molecule has 6 heteroatoms. The monoisotopic (exact) mass is 257 g/mol. The fourth-order valence-electron chi connectivity index (χ4n) is 1.55. The van der Waals surface area contributed by atoms with Crippen molar-refractivity contribution in [3.8, 4) is 17.1 Å².